The van der Waals surface area contributed by atoms with E-state index in [-0.39, 0.29) is 19.4 Å². The van der Waals surface area contributed by atoms with Gasteiger partial charge in [-0.15, -0.1) is 0 Å². The van der Waals surface area contributed by atoms with Crippen LogP contribution in [0.4, 0.5) is 11.4 Å². The van der Waals surface area contributed by atoms with Crippen LogP contribution in [0, 0.1) is 24.0 Å². The van der Waals surface area contributed by atoms with E-state index in [1.165, 1.54) is 18.2 Å². The van der Waals surface area contributed by atoms with Gasteiger partial charge in [0.05, 0.1) is 10.6 Å². The van der Waals surface area contributed by atoms with Gasteiger partial charge in [-0.05, 0) is 37.5 Å². The summed E-state index contributed by atoms with van der Waals surface area (Å²) < 4.78 is 27.7. The Labute approximate surface area is 157 Å². The quantitative estimate of drug-likeness (QED) is 0.544. The first-order valence-electron chi connectivity index (χ1n) is 8.20. The minimum absolute atomic E-state index is 0.0724. The number of carboxylic acids is 1. The molecule has 144 valence electrons. The van der Waals surface area contributed by atoms with Crippen molar-refractivity contribution in [2.24, 2.45) is 0 Å². The maximum atomic E-state index is 13.3. The van der Waals surface area contributed by atoms with Crippen molar-refractivity contribution in [3.8, 4) is 0 Å². The molecule has 0 aliphatic carbocycles. The zero-order valence-corrected chi connectivity index (χ0v) is 15.8. The lowest BCUT2D eigenvalue weighted by Gasteiger charge is -2.27. The summed E-state index contributed by atoms with van der Waals surface area (Å²) in [6.07, 6.45) is -0.142. The van der Waals surface area contributed by atoms with Crippen molar-refractivity contribution in [2.75, 3.05) is 10.8 Å². The predicted molar refractivity (Wildman–Crippen MR) is 100 cm³/mol. The summed E-state index contributed by atoms with van der Waals surface area (Å²) in [5.74, 6) is -1.04. The molecule has 0 radical (unpaired) electrons. The summed E-state index contributed by atoms with van der Waals surface area (Å²) in [5, 5.41) is 20.2. The van der Waals surface area contributed by atoms with Gasteiger partial charge in [-0.25, -0.2) is 8.42 Å². The number of nitro groups is 1. The second kappa shape index (κ2) is 8.17. The Morgan fingerprint density at radius 3 is 2.26 bits per heavy atom. The second-order valence-corrected chi connectivity index (χ2v) is 7.87. The summed E-state index contributed by atoms with van der Waals surface area (Å²) in [6, 6.07) is 10.4. The Hall–Kier alpha value is -2.94. The van der Waals surface area contributed by atoms with E-state index < -0.39 is 31.5 Å². The number of para-hydroxylation sites is 2. The van der Waals surface area contributed by atoms with Gasteiger partial charge in [0, 0.05) is 19.0 Å². The van der Waals surface area contributed by atoms with Crippen LogP contribution < -0.4 is 4.31 Å². The Bertz CT molecular complexity index is 951. The molecule has 0 aliphatic rings. The Morgan fingerprint density at radius 2 is 1.70 bits per heavy atom. The number of aryl methyl sites for hydroxylation is 2. The van der Waals surface area contributed by atoms with E-state index in [4.69, 9.17) is 5.11 Å². The number of aliphatic carboxylic acids is 1. The number of benzene rings is 2. The van der Waals surface area contributed by atoms with Crippen molar-refractivity contribution in [2.45, 2.75) is 31.6 Å². The second-order valence-electron chi connectivity index (χ2n) is 6.04. The minimum Gasteiger partial charge on any atom is -0.481 e. The highest BCUT2D eigenvalue weighted by Gasteiger charge is 2.32. The van der Waals surface area contributed by atoms with E-state index in [0.717, 1.165) is 10.4 Å². The maximum absolute atomic E-state index is 13.3. The molecule has 0 saturated carbocycles. The van der Waals surface area contributed by atoms with Crippen molar-refractivity contribution in [3.63, 3.8) is 0 Å². The third-order valence-electron chi connectivity index (χ3n) is 4.07. The molecule has 0 aliphatic heterocycles. The lowest BCUT2D eigenvalue weighted by molar-refractivity contribution is -0.387. The minimum atomic E-state index is -4.27. The monoisotopic (exact) mass is 392 g/mol. The summed E-state index contributed by atoms with van der Waals surface area (Å²) in [6.45, 7) is 3.37. The van der Waals surface area contributed by atoms with Crippen LogP contribution in [0.1, 0.15) is 24.0 Å². The summed E-state index contributed by atoms with van der Waals surface area (Å²) >= 11 is 0. The lowest BCUT2D eigenvalue weighted by atomic mass is 10.1. The largest absolute Gasteiger partial charge is 0.481 e. The maximum Gasteiger partial charge on any atom is 0.303 e. The SMILES string of the molecule is Cc1cccc(C)c1N(CCCC(=O)O)S(=O)(=O)c1ccccc1[N+](=O)[O-]. The fraction of sp³-hybridized carbons (Fsp3) is 0.278. The Balaban J connectivity index is 2.62. The van der Waals surface area contributed by atoms with Crippen molar-refractivity contribution in [1.82, 2.24) is 0 Å². The predicted octanol–water partition coefficient (Wildman–Crippen LogP) is 3.27. The number of nitrogens with zero attached hydrogens (tertiary/aromatic N) is 2. The molecule has 0 spiro atoms. The van der Waals surface area contributed by atoms with E-state index in [1.54, 1.807) is 32.0 Å². The van der Waals surface area contributed by atoms with Crippen LogP contribution in [0.2, 0.25) is 0 Å². The molecular weight excluding hydrogens is 372 g/mol. The normalized spacial score (nSPS) is 11.2. The molecule has 0 aromatic heterocycles. The van der Waals surface area contributed by atoms with Crippen molar-refractivity contribution in [3.05, 3.63) is 63.7 Å². The molecular formula is C18H20N2O6S. The highest BCUT2D eigenvalue weighted by molar-refractivity contribution is 7.93. The number of rotatable bonds is 8. The number of anilines is 1. The molecule has 1 N–H and O–H groups in total. The zero-order valence-electron chi connectivity index (χ0n) is 15.0. The molecule has 0 atom stereocenters. The van der Waals surface area contributed by atoms with Gasteiger partial charge in [-0.1, -0.05) is 30.3 Å². The lowest BCUT2D eigenvalue weighted by Crippen LogP contribution is -2.34. The molecule has 2 rings (SSSR count). The van der Waals surface area contributed by atoms with Crippen LogP contribution in [0.5, 0.6) is 0 Å². The van der Waals surface area contributed by atoms with Crippen LogP contribution in [0.25, 0.3) is 0 Å². The van der Waals surface area contributed by atoms with Gasteiger partial charge in [0.2, 0.25) is 0 Å². The number of hydrogen-bond acceptors (Lipinski definition) is 5. The number of hydrogen-bond donors (Lipinski definition) is 1. The van der Waals surface area contributed by atoms with Gasteiger partial charge >= 0.3 is 5.97 Å². The fourth-order valence-electron chi connectivity index (χ4n) is 2.87. The topological polar surface area (TPSA) is 118 Å². The first-order chi connectivity index (χ1) is 12.7. The smallest absolute Gasteiger partial charge is 0.303 e. The molecule has 0 bridgehead atoms. The molecule has 0 unspecified atom stereocenters. The molecule has 2 aromatic carbocycles. The molecule has 0 heterocycles. The van der Waals surface area contributed by atoms with Gasteiger partial charge in [0.15, 0.2) is 4.90 Å². The van der Waals surface area contributed by atoms with Crippen LogP contribution in [0.15, 0.2) is 47.4 Å². The number of carboxylic acid groups (broad SMARTS) is 1. The molecule has 0 fully saturated rings. The van der Waals surface area contributed by atoms with E-state index in [1.807, 2.05) is 0 Å². The first kappa shape index (κ1) is 20.4. The van der Waals surface area contributed by atoms with Crippen LogP contribution in [0.3, 0.4) is 0 Å². The third kappa shape index (κ3) is 4.43. The van der Waals surface area contributed by atoms with Crippen LogP contribution >= 0.6 is 0 Å². The standard InChI is InChI=1S/C18H20N2O6S/c1-13-7-5-8-14(2)18(13)19(12-6-11-17(21)22)27(25,26)16-10-4-3-9-15(16)20(23)24/h3-5,7-10H,6,11-12H2,1-2H3,(H,21,22). The van der Waals surface area contributed by atoms with E-state index in [2.05, 4.69) is 0 Å². The van der Waals surface area contributed by atoms with Crippen LogP contribution in [-0.2, 0) is 14.8 Å². The average Bonchev–Trinajstić information content (AvgIpc) is 2.59. The van der Waals surface area contributed by atoms with E-state index in [9.17, 15) is 23.3 Å². The highest BCUT2D eigenvalue weighted by Crippen LogP contribution is 2.33. The van der Waals surface area contributed by atoms with Crippen molar-refractivity contribution < 1.29 is 23.2 Å². The van der Waals surface area contributed by atoms with Gasteiger partial charge in [0.25, 0.3) is 15.7 Å². The summed E-state index contributed by atoms with van der Waals surface area (Å²) in [4.78, 5) is 21.0. The Morgan fingerprint density at radius 1 is 1.11 bits per heavy atom. The van der Waals surface area contributed by atoms with Crippen LogP contribution in [-0.4, -0.2) is 31.0 Å². The van der Waals surface area contributed by atoms with Gasteiger partial charge in [-0.2, -0.15) is 0 Å². The van der Waals surface area contributed by atoms with Gasteiger partial charge in [0.1, 0.15) is 0 Å². The molecule has 9 heteroatoms. The van der Waals surface area contributed by atoms with E-state index >= 15 is 0 Å². The number of nitro benzene ring substituents is 1. The van der Waals surface area contributed by atoms with Crippen molar-refractivity contribution in [1.29, 1.82) is 0 Å². The fourth-order valence-corrected chi connectivity index (χ4v) is 4.66. The van der Waals surface area contributed by atoms with Gasteiger partial charge in [-0.3, -0.25) is 19.2 Å². The van der Waals surface area contributed by atoms with E-state index in [0.29, 0.717) is 16.8 Å². The summed E-state index contributed by atoms with van der Waals surface area (Å²) in [7, 11) is -4.27. The molecule has 8 nitrogen and oxygen atoms in total. The summed E-state index contributed by atoms with van der Waals surface area (Å²) in [5.41, 5.74) is 1.23. The zero-order chi connectivity index (χ0) is 20.2. The van der Waals surface area contributed by atoms with Crippen molar-refractivity contribution >= 4 is 27.4 Å². The first-order valence-corrected chi connectivity index (χ1v) is 9.64. The third-order valence-corrected chi connectivity index (χ3v) is 5.92. The molecule has 0 amide bonds. The molecule has 2 aromatic rings. The van der Waals surface area contributed by atoms with Gasteiger partial charge < -0.3 is 5.11 Å². The number of carbonyl (C=O) groups is 1. The molecule has 0 saturated heterocycles. The highest BCUT2D eigenvalue weighted by atomic mass is 32.2. The molecule has 27 heavy (non-hydrogen) atoms. The number of sulfonamides is 1. The Kier molecular flexibility index (Phi) is 6.17. The average molecular weight is 392 g/mol.